The number of carboxylic acid groups (broad SMARTS) is 1. The summed E-state index contributed by atoms with van der Waals surface area (Å²) in [5, 5.41) is 8.45. The molecule has 5 heteroatoms. The van der Waals surface area contributed by atoms with Gasteiger partial charge in [-0.25, -0.2) is 0 Å². The molecule has 0 aliphatic carbocycles. The van der Waals surface area contributed by atoms with Gasteiger partial charge in [-0.1, -0.05) is 6.92 Å². The highest BCUT2D eigenvalue weighted by atomic mass is 16.5. The molecule has 0 atom stereocenters. The van der Waals surface area contributed by atoms with Gasteiger partial charge in [-0.05, 0) is 25.5 Å². The maximum Gasteiger partial charge on any atom is 0.311 e. The van der Waals surface area contributed by atoms with Crippen molar-refractivity contribution in [2.24, 2.45) is 0 Å². The second kappa shape index (κ2) is 5.98. The molecule has 1 aromatic heterocycles. The minimum atomic E-state index is -1.01. The fraction of sp³-hybridized carbons (Fsp3) is 0.417. The van der Waals surface area contributed by atoms with E-state index in [1.807, 2.05) is 13.8 Å². The van der Waals surface area contributed by atoms with Gasteiger partial charge in [0.1, 0.15) is 0 Å². The van der Waals surface area contributed by atoms with Crippen LogP contribution >= 0.6 is 0 Å². The minimum absolute atomic E-state index is 0.133. The van der Waals surface area contributed by atoms with Crippen molar-refractivity contribution < 1.29 is 19.4 Å². The van der Waals surface area contributed by atoms with Crippen molar-refractivity contribution in [2.45, 2.75) is 33.1 Å². The summed E-state index contributed by atoms with van der Waals surface area (Å²) >= 11 is 0. The highest BCUT2D eigenvalue weighted by Crippen LogP contribution is 2.18. The van der Waals surface area contributed by atoms with E-state index in [1.54, 1.807) is 12.1 Å². The van der Waals surface area contributed by atoms with Crippen LogP contribution < -0.4 is 4.74 Å². The van der Waals surface area contributed by atoms with Gasteiger partial charge in [-0.15, -0.1) is 0 Å². The second-order valence-corrected chi connectivity index (χ2v) is 3.62. The molecule has 0 aromatic carbocycles. The lowest BCUT2D eigenvalue weighted by Crippen LogP contribution is -2.12. The Hall–Kier alpha value is -1.91. The molecule has 17 heavy (non-hydrogen) atoms. The van der Waals surface area contributed by atoms with Crippen LogP contribution in [-0.2, 0) is 16.0 Å². The molecule has 0 aliphatic rings. The lowest BCUT2D eigenvalue weighted by atomic mass is 10.2. The van der Waals surface area contributed by atoms with E-state index in [0.29, 0.717) is 17.9 Å². The van der Waals surface area contributed by atoms with Crippen LogP contribution in [0.1, 0.15) is 31.2 Å². The molecule has 0 unspecified atom stereocenters. The van der Waals surface area contributed by atoms with Gasteiger partial charge in [0.25, 0.3) is 0 Å². The summed E-state index contributed by atoms with van der Waals surface area (Å²) in [6.07, 6.45) is 0.301. The van der Waals surface area contributed by atoms with Gasteiger partial charge in [-0.2, -0.15) is 0 Å². The molecule has 0 fully saturated rings. The molecule has 5 nitrogen and oxygen atoms in total. The van der Waals surface area contributed by atoms with E-state index in [9.17, 15) is 9.59 Å². The quantitative estimate of drug-likeness (QED) is 0.789. The zero-order valence-corrected chi connectivity index (χ0v) is 9.90. The summed E-state index contributed by atoms with van der Waals surface area (Å²) in [5.74, 6) is -1.15. The predicted molar refractivity (Wildman–Crippen MR) is 60.9 cm³/mol. The van der Waals surface area contributed by atoms with Crippen molar-refractivity contribution in [1.29, 1.82) is 0 Å². The molecule has 1 heterocycles. The molecular formula is C12H15NO4. The zero-order valence-electron chi connectivity index (χ0n) is 9.90. The van der Waals surface area contributed by atoms with Crippen LogP contribution in [0, 0.1) is 6.92 Å². The van der Waals surface area contributed by atoms with Crippen LogP contribution in [0.4, 0.5) is 0 Å². The number of rotatable bonds is 5. The lowest BCUT2D eigenvalue weighted by molar-refractivity contribution is -0.142. The topological polar surface area (TPSA) is 76.5 Å². The monoisotopic (exact) mass is 237 g/mol. The first-order chi connectivity index (χ1) is 8.02. The van der Waals surface area contributed by atoms with E-state index in [-0.39, 0.29) is 12.8 Å². The summed E-state index contributed by atoms with van der Waals surface area (Å²) < 4.78 is 5.08. The van der Waals surface area contributed by atoms with Crippen molar-refractivity contribution >= 4 is 11.9 Å². The highest BCUT2D eigenvalue weighted by molar-refractivity contribution is 5.78. The first-order valence-corrected chi connectivity index (χ1v) is 5.42. The molecule has 92 valence electrons. The number of carbonyl (C=O) groups is 2. The number of aromatic nitrogens is 1. The molecule has 0 aliphatic heterocycles. The van der Waals surface area contributed by atoms with Crippen molar-refractivity contribution in [2.75, 3.05) is 0 Å². The molecule has 0 amide bonds. The van der Waals surface area contributed by atoms with E-state index in [0.717, 1.165) is 5.69 Å². The first-order valence-electron chi connectivity index (χ1n) is 5.42. The third-order valence-electron chi connectivity index (χ3n) is 2.17. The molecule has 0 saturated heterocycles. The Bertz CT molecular complexity index is 429. The lowest BCUT2D eigenvalue weighted by Gasteiger charge is -2.08. The molecule has 0 spiro atoms. The number of pyridine rings is 1. The number of aryl methyl sites for hydroxylation is 2. The Morgan fingerprint density at radius 2 is 2.06 bits per heavy atom. The van der Waals surface area contributed by atoms with Crippen LogP contribution in [0.2, 0.25) is 0 Å². The number of carbonyl (C=O) groups excluding carboxylic acids is 1. The Labute approximate surface area is 99.4 Å². The Morgan fingerprint density at radius 3 is 2.65 bits per heavy atom. The maximum atomic E-state index is 11.4. The number of nitrogens with zero attached hydrogens (tertiary/aromatic N) is 1. The van der Waals surface area contributed by atoms with E-state index < -0.39 is 11.9 Å². The van der Waals surface area contributed by atoms with Gasteiger partial charge in [0.2, 0.25) is 0 Å². The van der Waals surface area contributed by atoms with Crippen LogP contribution in [0.3, 0.4) is 0 Å². The van der Waals surface area contributed by atoms with Gasteiger partial charge in [0, 0.05) is 5.69 Å². The van der Waals surface area contributed by atoms with E-state index >= 15 is 0 Å². The van der Waals surface area contributed by atoms with Crippen LogP contribution in [0.15, 0.2) is 12.1 Å². The van der Waals surface area contributed by atoms with Crippen molar-refractivity contribution in [3.63, 3.8) is 0 Å². The standard InChI is InChI=1S/C12H15NO4/c1-3-9-10(5-4-8(2)13-9)17-12(16)7-6-11(14)15/h4-5H,3,6-7H2,1-2H3,(H,14,15). The van der Waals surface area contributed by atoms with Gasteiger partial charge in [-0.3, -0.25) is 14.6 Å². The van der Waals surface area contributed by atoms with Gasteiger partial charge in [0.15, 0.2) is 5.75 Å². The molecule has 0 bridgehead atoms. The summed E-state index contributed by atoms with van der Waals surface area (Å²) in [4.78, 5) is 25.9. The summed E-state index contributed by atoms with van der Waals surface area (Å²) in [7, 11) is 0. The first kappa shape index (κ1) is 13.2. The van der Waals surface area contributed by atoms with Crippen molar-refractivity contribution in [3.8, 4) is 5.75 Å². The van der Waals surface area contributed by atoms with Crippen molar-refractivity contribution in [1.82, 2.24) is 4.98 Å². The fourth-order valence-corrected chi connectivity index (χ4v) is 1.33. The smallest absolute Gasteiger partial charge is 0.311 e. The van der Waals surface area contributed by atoms with Gasteiger partial charge < -0.3 is 9.84 Å². The highest BCUT2D eigenvalue weighted by Gasteiger charge is 2.11. The normalized spacial score (nSPS) is 10.0. The fourth-order valence-electron chi connectivity index (χ4n) is 1.33. The van der Waals surface area contributed by atoms with E-state index in [4.69, 9.17) is 9.84 Å². The third kappa shape index (κ3) is 4.22. The van der Waals surface area contributed by atoms with Crippen LogP contribution in [0.5, 0.6) is 5.75 Å². The molecular weight excluding hydrogens is 222 g/mol. The Kier molecular flexibility index (Phi) is 4.63. The molecule has 1 N–H and O–H groups in total. The largest absolute Gasteiger partial charge is 0.481 e. The summed E-state index contributed by atoms with van der Waals surface area (Å²) in [6, 6.07) is 3.43. The number of hydrogen-bond donors (Lipinski definition) is 1. The average Bonchev–Trinajstić information content (AvgIpc) is 2.28. The summed E-state index contributed by atoms with van der Waals surface area (Å²) in [5.41, 5.74) is 1.56. The van der Waals surface area contributed by atoms with E-state index in [2.05, 4.69) is 4.98 Å². The zero-order chi connectivity index (χ0) is 12.8. The number of aliphatic carboxylic acids is 1. The number of hydrogen-bond acceptors (Lipinski definition) is 4. The number of carboxylic acids is 1. The molecule has 1 aromatic rings. The van der Waals surface area contributed by atoms with Gasteiger partial charge >= 0.3 is 11.9 Å². The SMILES string of the molecule is CCc1nc(C)ccc1OC(=O)CCC(=O)O. The second-order valence-electron chi connectivity index (χ2n) is 3.62. The third-order valence-corrected chi connectivity index (χ3v) is 2.17. The predicted octanol–water partition coefficient (Wildman–Crippen LogP) is 1.72. The number of ether oxygens (including phenoxy) is 1. The van der Waals surface area contributed by atoms with Crippen LogP contribution in [-0.4, -0.2) is 22.0 Å². The maximum absolute atomic E-state index is 11.4. The van der Waals surface area contributed by atoms with Gasteiger partial charge in [0.05, 0.1) is 18.5 Å². The summed E-state index contributed by atoms with van der Waals surface area (Å²) in [6.45, 7) is 3.77. The van der Waals surface area contributed by atoms with Crippen molar-refractivity contribution in [3.05, 3.63) is 23.5 Å². The Balaban J connectivity index is 2.67. The Morgan fingerprint density at radius 1 is 1.35 bits per heavy atom. The molecule has 0 saturated carbocycles. The van der Waals surface area contributed by atoms with Crippen LogP contribution in [0.25, 0.3) is 0 Å². The molecule has 1 rings (SSSR count). The molecule has 0 radical (unpaired) electrons. The average molecular weight is 237 g/mol. The minimum Gasteiger partial charge on any atom is -0.481 e. The van der Waals surface area contributed by atoms with E-state index in [1.165, 1.54) is 0 Å². The number of esters is 1.